The summed E-state index contributed by atoms with van der Waals surface area (Å²) in [4.78, 5) is 7.83. The van der Waals surface area contributed by atoms with Gasteiger partial charge in [-0.3, -0.25) is 0 Å². The molecule has 1 aromatic carbocycles. The molecule has 0 aliphatic heterocycles. The lowest BCUT2D eigenvalue weighted by Gasteiger charge is -2.13. The normalized spacial score (nSPS) is 11.0. The maximum absolute atomic E-state index is 13.0. The van der Waals surface area contributed by atoms with E-state index in [0.29, 0.717) is 10.4 Å². The molecule has 2 rings (SSSR count). The quantitative estimate of drug-likeness (QED) is 0.754. The van der Waals surface area contributed by atoms with Gasteiger partial charge in [-0.2, -0.15) is 23.4 Å². The van der Waals surface area contributed by atoms with Gasteiger partial charge in [-0.05, 0) is 41.1 Å². The highest BCUT2D eigenvalue weighted by atomic mass is 79.9. The van der Waals surface area contributed by atoms with Gasteiger partial charge in [0.2, 0.25) is 5.88 Å². The lowest BCUT2D eigenvalue weighted by molar-refractivity contribution is -0.138. The zero-order valence-electron chi connectivity index (χ0n) is 10.6. The third-order valence-corrected chi connectivity index (χ3v) is 2.82. The van der Waals surface area contributed by atoms with Crippen LogP contribution in [0.4, 0.5) is 13.2 Å². The van der Waals surface area contributed by atoms with Crippen LogP contribution in [-0.2, 0) is 6.18 Å². The minimum absolute atomic E-state index is 0.0235. The second-order valence-corrected chi connectivity index (χ2v) is 4.81. The smallest absolute Gasteiger partial charge is 0.420 e. The molecule has 21 heavy (non-hydrogen) atoms. The number of alkyl halides is 3. The van der Waals surface area contributed by atoms with Gasteiger partial charge in [0.15, 0.2) is 0 Å². The average molecular weight is 358 g/mol. The molecular weight excluding hydrogens is 351 g/mol. The second kappa shape index (κ2) is 5.69. The third kappa shape index (κ3) is 3.70. The molecule has 0 amide bonds. The third-order valence-electron chi connectivity index (χ3n) is 2.41. The Morgan fingerprint density at radius 2 is 1.95 bits per heavy atom. The van der Waals surface area contributed by atoms with Gasteiger partial charge in [-0.15, -0.1) is 0 Å². The Morgan fingerprint density at radius 3 is 2.52 bits per heavy atom. The van der Waals surface area contributed by atoms with Crippen LogP contribution in [0.2, 0.25) is 0 Å². The number of ether oxygens (including phenoxy) is 1. The summed E-state index contributed by atoms with van der Waals surface area (Å²) in [6, 6.07) is 6.08. The van der Waals surface area contributed by atoms with Crippen LogP contribution in [0, 0.1) is 18.3 Å². The molecule has 0 N–H and O–H groups in total. The van der Waals surface area contributed by atoms with E-state index in [1.54, 1.807) is 13.0 Å². The summed E-state index contributed by atoms with van der Waals surface area (Å²) < 4.78 is 44.6. The Hall–Kier alpha value is -2.14. The number of nitrogens with zero attached hydrogens (tertiary/aromatic N) is 3. The molecule has 1 aromatic heterocycles. The average Bonchev–Trinajstić information content (AvgIpc) is 2.36. The van der Waals surface area contributed by atoms with E-state index in [1.807, 2.05) is 0 Å². The van der Waals surface area contributed by atoms with Crippen molar-refractivity contribution in [2.45, 2.75) is 13.1 Å². The molecular formula is C13H7BrF3N3O. The molecule has 0 atom stereocenters. The molecule has 0 saturated carbocycles. The Kier molecular flexibility index (Phi) is 4.14. The molecule has 1 heterocycles. The van der Waals surface area contributed by atoms with E-state index in [4.69, 9.17) is 10.00 Å². The number of aromatic nitrogens is 2. The summed E-state index contributed by atoms with van der Waals surface area (Å²) in [6.07, 6.45) is -4.64. The molecule has 0 fully saturated rings. The number of nitriles is 1. The first-order chi connectivity index (χ1) is 9.79. The lowest BCUT2D eigenvalue weighted by Crippen LogP contribution is -2.08. The Balaban J connectivity index is 2.46. The molecule has 2 aromatic rings. The Morgan fingerprint density at radius 1 is 1.24 bits per heavy atom. The fourth-order valence-electron chi connectivity index (χ4n) is 1.58. The first-order valence-electron chi connectivity index (χ1n) is 5.60. The van der Waals surface area contributed by atoms with Gasteiger partial charge in [-0.25, -0.2) is 4.98 Å². The molecule has 0 spiro atoms. The van der Waals surface area contributed by atoms with Gasteiger partial charge in [0.25, 0.3) is 0 Å². The first-order valence-corrected chi connectivity index (χ1v) is 6.39. The molecule has 0 aliphatic carbocycles. The lowest BCUT2D eigenvalue weighted by atomic mass is 10.1. The van der Waals surface area contributed by atoms with Gasteiger partial charge < -0.3 is 4.74 Å². The van der Waals surface area contributed by atoms with Crippen LogP contribution in [0.1, 0.15) is 17.0 Å². The molecule has 0 unspecified atom stereocenters. The second-order valence-electron chi connectivity index (χ2n) is 4.00. The van der Waals surface area contributed by atoms with Gasteiger partial charge in [-0.1, -0.05) is 0 Å². The predicted octanol–water partition coefficient (Wildman–Crippen LogP) is 4.23. The molecule has 0 bridgehead atoms. The van der Waals surface area contributed by atoms with Crippen molar-refractivity contribution >= 4 is 15.9 Å². The fourth-order valence-corrected chi connectivity index (χ4v) is 2.03. The van der Waals surface area contributed by atoms with Gasteiger partial charge in [0.05, 0.1) is 17.2 Å². The number of halogens is 4. The van der Waals surface area contributed by atoms with Crippen LogP contribution >= 0.6 is 15.9 Å². The highest BCUT2D eigenvalue weighted by molar-refractivity contribution is 9.10. The van der Waals surface area contributed by atoms with Crippen LogP contribution in [0.3, 0.4) is 0 Å². The minimum Gasteiger partial charge on any atom is -0.438 e. The van der Waals surface area contributed by atoms with E-state index in [9.17, 15) is 13.2 Å². The van der Waals surface area contributed by atoms with E-state index in [1.165, 1.54) is 12.1 Å². The van der Waals surface area contributed by atoms with Crippen LogP contribution in [0.5, 0.6) is 11.6 Å². The van der Waals surface area contributed by atoms with Crippen LogP contribution < -0.4 is 4.74 Å². The van der Waals surface area contributed by atoms with Crippen molar-refractivity contribution in [3.63, 3.8) is 0 Å². The Labute approximate surface area is 126 Å². The summed E-state index contributed by atoms with van der Waals surface area (Å²) in [7, 11) is 0. The van der Waals surface area contributed by atoms with Crippen molar-refractivity contribution < 1.29 is 17.9 Å². The number of rotatable bonds is 2. The van der Waals surface area contributed by atoms with Gasteiger partial charge in [0, 0.05) is 6.07 Å². The predicted molar refractivity (Wildman–Crippen MR) is 70.7 cm³/mol. The summed E-state index contributed by atoms with van der Waals surface area (Å²) >= 11 is 3.11. The number of benzene rings is 1. The van der Waals surface area contributed by atoms with Gasteiger partial charge >= 0.3 is 6.18 Å². The SMILES string of the molecule is Cc1nc(Br)cc(Oc2ccc(C#N)cc2C(F)(F)F)n1. The Bertz CT molecular complexity index is 705. The van der Waals surface area contributed by atoms with E-state index < -0.39 is 17.5 Å². The molecule has 0 aliphatic rings. The number of hydrogen-bond donors (Lipinski definition) is 0. The van der Waals surface area contributed by atoms with E-state index in [-0.39, 0.29) is 11.4 Å². The van der Waals surface area contributed by atoms with E-state index in [2.05, 4.69) is 25.9 Å². The van der Waals surface area contributed by atoms with E-state index in [0.717, 1.165) is 12.1 Å². The van der Waals surface area contributed by atoms with E-state index >= 15 is 0 Å². The topological polar surface area (TPSA) is 58.8 Å². The minimum atomic E-state index is -4.64. The van der Waals surface area contributed by atoms with Crippen LogP contribution in [-0.4, -0.2) is 9.97 Å². The van der Waals surface area contributed by atoms with Crippen molar-refractivity contribution in [1.82, 2.24) is 9.97 Å². The summed E-state index contributed by atoms with van der Waals surface area (Å²) in [5.74, 6) is -0.0994. The molecule has 4 nitrogen and oxygen atoms in total. The maximum Gasteiger partial charge on any atom is 0.420 e. The molecule has 8 heteroatoms. The zero-order valence-corrected chi connectivity index (χ0v) is 12.2. The van der Waals surface area contributed by atoms with Crippen molar-refractivity contribution in [3.05, 3.63) is 45.8 Å². The maximum atomic E-state index is 13.0. The summed E-state index contributed by atoms with van der Waals surface area (Å²) in [5, 5.41) is 8.70. The standard InChI is InChI=1S/C13H7BrF3N3O/c1-7-19-11(14)5-12(20-7)21-10-3-2-8(6-18)4-9(10)13(15,16)17/h2-5H,1H3. The first kappa shape index (κ1) is 15.3. The summed E-state index contributed by atoms with van der Waals surface area (Å²) in [6.45, 7) is 1.58. The monoisotopic (exact) mass is 357 g/mol. The number of aryl methyl sites for hydroxylation is 1. The molecule has 0 saturated heterocycles. The van der Waals surface area contributed by atoms with Crippen LogP contribution in [0.25, 0.3) is 0 Å². The number of hydrogen-bond acceptors (Lipinski definition) is 4. The largest absolute Gasteiger partial charge is 0.438 e. The highest BCUT2D eigenvalue weighted by Crippen LogP contribution is 2.38. The zero-order chi connectivity index (χ0) is 15.6. The summed E-state index contributed by atoms with van der Waals surface area (Å²) in [5.41, 5.74) is -1.14. The van der Waals surface area contributed by atoms with Crippen molar-refractivity contribution in [3.8, 4) is 17.7 Å². The molecule has 108 valence electrons. The van der Waals surface area contributed by atoms with Gasteiger partial charge in [0.1, 0.15) is 16.2 Å². The van der Waals surface area contributed by atoms with Crippen molar-refractivity contribution in [1.29, 1.82) is 5.26 Å². The molecule has 0 radical (unpaired) electrons. The van der Waals surface area contributed by atoms with Crippen LogP contribution in [0.15, 0.2) is 28.9 Å². The van der Waals surface area contributed by atoms with Crippen molar-refractivity contribution in [2.75, 3.05) is 0 Å². The highest BCUT2D eigenvalue weighted by Gasteiger charge is 2.35. The fraction of sp³-hybridized carbons (Fsp3) is 0.154. The van der Waals surface area contributed by atoms with Crippen molar-refractivity contribution in [2.24, 2.45) is 0 Å².